The van der Waals surface area contributed by atoms with Crippen LogP contribution in [0.1, 0.15) is 12.8 Å². The first-order chi connectivity index (χ1) is 6.33. The van der Waals surface area contributed by atoms with Gasteiger partial charge in [0.2, 0.25) is 0 Å². The molecule has 1 heterocycles. The Morgan fingerprint density at radius 2 is 2.23 bits per heavy atom. The lowest BCUT2D eigenvalue weighted by atomic mass is 10.3. The van der Waals surface area contributed by atoms with Crippen LogP contribution in [0.5, 0.6) is 5.75 Å². The van der Waals surface area contributed by atoms with Crippen LogP contribution in [-0.4, -0.2) is 23.3 Å². The summed E-state index contributed by atoms with van der Waals surface area (Å²) in [5.74, 6) is 0.757. The van der Waals surface area contributed by atoms with Gasteiger partial charge in [0.15, 0.2) is 0 Å². The fourth-order valence-corrected chi connectivity index (χ4v) is 1.22. The number of hydrogen-bond acceptors (Lipinski definition) is 3. The Kier molecular flexibility index (Phi) is 4.78. The van der Waals surface area contributed by atoms with Crippen LogP contribution in [0.15, 0.2) is 22.9 Å². The molecule has 1 aromatic rings. The Morgan fingerprint density at radius 1 is 1.38 bits per heavy atom. The van der Waals surface area contributed by atoms with E-state index in [4.69, 9.17) is 9.84 Å². The van der Waals surface area contributed by atoms with Crippen LogP contribution in [-0.2, 0) is 0 Å². The summed E-state index contributed by atoms with van der Waals surface area (Å²) >= 11 is 3.30. The molecule has 0 aliphatic rings. The van der Waals surface area contributed by atoms with Gasteiger partial charge in [0, 0.05) is 17.3 Å². The van der Waals surface area contributed by atoms with Gasteiger partial charge in [-0.05, 0) is 34.8 Å². The topological polar surface area (TPSA) is 42.4 Å². The van der Waals surface area contributed by atoms with Crippen LogP contribution in [0.25, 0.3) is 0 Å². The number of rotatable bonds is 5. The number of aromatic nitrogens is 1. The van der Waals surface area contributed by atoms with Crippen molar-refractivity contribution < 1.29 is 9.84 Å². The molecule has 0 spiro atoms. The Labute approximate surface area is 85.9 Å². The Balaban J connectivity index is 2.28. The lowest BCUT2D eigenvalue weighted by Gasteiger charge is -2.04. The van der Waals surface area contributed by atoms with Crippen LogP contribution in [0.2, 0.25) is 0 Å². The highest BCUT2D eigenvalue weighted by Gasteiger charge is 1.94. The predicted molar refractivity (Wildman–Crippen MR) is 53.8 cm³/mol. The van der Waals surface area contributed by atoms with E-state index in [-0.39, 0.29) is 6.61 Å². The Hall–Kier alpha value is -0.610. The van der Waals surface area contributed by atoms with E-state index in [2.05, 4.69) is 20.9 Å². The molecule has 0 bridgehead atoms. The van der Waals surface area contributed by atoms with Crippen LogP contribution in [0, 0.1) is 0 Å². The highest BCUT2D eigenvalue weighted by Crippen LogP contribution is 2.15. The average Bonchev–Trinajstić information content (AvgIpc) is 2.13. The maximum atomic E-state index is 8.53. The molecule has 0 unspecified atom stereocenters. The largest absolute Gasteiger partial charge is 0.492 e. The van der Waals surface area contributed by atoms with E-state index >= 15 is 0 Å². The number of ether oxygens (including phenoxy) is 1. The summed E-state index contributed by atoms with van der Waals surface area (Å²) in [7, 11) is 0. The normalized spacial score (nSPS) is 10.0. The third kappa shape index (κ3) is 4.24. The molecule has 0 saturated heterocycles. The molecule has 0 aromatic carbocycles. The molecule has 0 saturated carbocycles. The van der Waals surface area contributed by atoms with Crippen molar-refractivity contribution in [2.24, 2.45) is 0 Å². The van der Waals surface area contributed by atoms with E-state index in [0.29, 0.717) is 6.61 Å². The summed E-state index contributed by atoms with van der Waals surface area (Å²) < 4.78 is 6.29. The van der Waals surface area contributed by atoms with Gasteiger partial charge in [-0.3, -0.25) is 4.98 Å². The first-order valence-electron chi connectivity index (χ1n) is 4.17. The lowest BCUT2D eigenvalue weighted by molar-refractivity contribution is 0.252. The second-order valence-electron chi connectivity index (χ2n) is 2.62. The van der Waals surface area contributed by atoms with Crippen LogP contribution in [0.3, 0.4) is 0 Å². The average molecular weight is 246 g/mol. The van der Waals surface area contributed by atoms with Crippen molar-refractivity contribution in [2.45, 2.75) is 12.8 Å². The second kappa shape index (κ2) is 5.94. The highest BCUT2D eigenvalue weighted by molar-refractivity contribution is 9.10. The summed E-state index contributed by atoms with van der Waals surface area (Å²) in [6.45, 7) is 0.846. The molecule has 0 aliphatic carbocycles. The second-order valence-corrected chi connectivity index (χ2v) is 3.53. The minimum atomic E-state index is 0.222. The van der Waals surface area contributed by atoms with Crippen LogP contribution < -0.4 is 4.74 Å². The lowest BCUT2D eigenvalue weighted by Crippen LogP contribution is -1.98. The quantitative estimate of drug-likeness (QED) is 0.808. The number of aliphatic hydroxyl groups is 1. The smallest absolute Gasteiger partial charge is 0.138 e. The van der Waals surface area contributed by atoms with Crippen molar-refractivity contribution in [3.8, 4) is 5.75 Å². The molecule has 0 atom stereocenters. The van der Waals surface area contributed by atoms with Gasteiger partial charge in [0.25, 0.3) is 0 Å². The van der Waals surface area contributed by atoms with Crippen molar-refractivity contribution in [3.63, 3.8) is 0 Å². The molecule has 1 rings (SSSR count). The van der Waals surface area contributed by atoms with E-state index < -0.39 is 0 Å². The number of nitrogens with zero attached hydrogens (tertiary/aromatic N) is 1. The van der Waals surface area contributed by atoms with Gasteiger partial charge in [-0.25, -0.2) is 0 Å². The molecule has 72 valence electrons. The molecule has 1 N–H and O–H groups in total. The van der Waals surface area contributed by atoms with E-state index in [1.165, 1.54) is 0 Å². The van der Waals surface area contributed by atoms with E-state index in [1.54, 1.807) is 12.4 Å². The van der Waals surface area contributed by atoms with Gasteiger partial charge in [-0.15, -0.1) is 0 Å². The Morgan fingerprint density at radius 3 is 2.92 bits per heavy atom. The van der Waals surface area contributed by atoms with E-state index in [9.17, 15) is 0 Å². The van der Waals surface area contributed by atoms with Gasteiger partial charge >= 0.3 is 0 Å². The molecule has 4 heteroatoms. The van der Waals surface area contributed by atoms with Gasteiger partial charge in [0.05, 0.1) is 12.8 Å². The summed E-state index contributed by atoms with van der Waals surface area (Å²) in [4.78, 5) is 3.96. The third-order valence-electron chi connectivity index (χ3n) is 1.50. The summed E-state index contributed by atoms with van der Waals surface area (Å²) in [6.07, 6.45) is 5.02. The number of pyridine rings is 1. The van der Waals surface area contributed by atoms with Crippen molar-refractivity contribution in [3.05, 3.63) is 22.9 Å². The summed E-state index contributed by atoms with van der Waals surface area (Å²) in [5, 5.41) is 8.53. The highest BCUT2D eigenvalue weighted by atomic mass is 79.9. The minimum Gasteiger partial charge on any atom is -0.492 e. The number of halogens is 1. The van der Waals surface area contributed by atoms with E-state index in [1.807, 2.05) is 6.07 Å². The maximum Gasteiger partial charge on any atom is 0.138 e. The maximum absolute atomic E-state index is 8.53. The number of unbranched alkanes of at least 4 members (excludes halogenated alkanes) is 1. The summed E-state index contributed by atoms with van der Waals surface area (Å²) in [5.41, 5.74) is 0. The zero-order chi connectivity index (χ0) is 9.52. The minimum absolute atomic E-state index is 0.222. The molecule has 0 aliphatic heterocycles. The molecule has 1 aromatic heterocycles. The van der Waals surface area contributed by atoms with Gasteiger partial charge in [-0.2, -0.15) is 0 Å². The monoisotopic (exact) mass is 245 g/mol. The molecule has 0 radical (unpaired) electrons. The number of hydrogen-bond donors (Lipinski definition) is 1. The van der Waals surface area contributed by atoms with Gasteiger partial charge in [-0.1, -0.05) is 0 Å². The molecular weight excluding hydrogens is 234 g/mol. The molecular formula is C9H12BrNO2. The number of aliphatic hydroxyl groups excluding tert-OH is 1. The van der Waals surface area contributed by atoms with Crippen molar-refractivity contribution in [2.75, 3.05) is 13.2 Å². The third-order valence-corrected chi connectivity index (χ3v) is 1.93. The summed E-state index contributed by atoms with van der Waals surface area (Å²) in [6, 6.07) is 1.87. The first-order valence-corrected chi connectivity index (χ1v) is 4.96. The van der Waals surface area contributed by atoms with Crippen LogP contribution in [0.4, 0.5) is 0 Å². The molecule has 0 amide bonds. The van der Waals surface area contributed by atoms with Gasteiger partial charge in [0.1, 0.15) is 5.75 Å². The van der Waals surface area contributed by atoms with Crippen molar-refractivity contribution >= 4 is 15.9 Å². The zero-order valence-electron chi connectivity index (χ0n) is 7.24. The standard InChI is InChI=1S/C9H12BrNO2/c10-8-5-9(7-11-6-8)13-4-2-1-3-12/h5-7,12H,1-4H2. The molecule has 0 fully saturated rings. The van der Waals surface area contributed by atoms with Crippen molar-refractivity contribution in [1.82, 2.24) is 4.98 Å². The fourth-order valence-electron chi connectivity index (χ4n) is 0.875. The molecule has 3 nitrogen and oxygen atoms in total. The Bertz CT molecular complexity index is 255. The SMILES string of the molecule is OCCCCOc1cncc(Br)c1. The fraction of sp³-hybridized carbons (Fsp3) is 0.444. The van der Waals surface area contributed by atoms with E-state index in [0.717, 1.165) is 23.1 Å². The first kappa shape index (κ1) is 10.5. The van der Waals surface area contributed by atoms with Gasteiger partial charge < -0.3 is 9.84 Å². The van der Waals surface area contributed by atoms with Crippen LogP contribution >= 0.6 is 15.9 Å². The predicted octanol–water partition coefficient (Wildman–Crippen LogP) is 2.00. The molecule has 13 heavy (non-hydrogen) atoms. The zero-order valence-corrected chi connectivity index (χ0v) is 8.83. The van der Waals surface area contributed by atoms with Crippen molar-refractivity contribution in [1.29, 1.82) is 0 Å².